The second-order valence-corrected chi connectivity index (χ2v) is 9.64. The van der Waals surface area contributed by atoms with Crippen LogP contribution in [0.4, 0.5) is 0 Å². The molecule has 0 aromatic carbocycles. The molecule has 1 atom stereocenters. The molecule has 26 heavy (non-hydrogen) atoms. The first-order valence-corrected chi connectivity index (χ1v) is 10.3. The molecule has 0 saturated heterocycles. The van der Waals surface area contributed by atoms with Gasteiger partial charge in [-0.05, 0) is 12.8 Å². The Bertz CT molecular complexity index is 285. The van der Waals surface area contributed by atoms with Crippen molar-refractivity contribution in [2.24, 2.45) is 0 Å². The summed E-state index contributed by atoms with van der Waals surface area (Å²) in [5, 5.41) is 0. The first-order chi connectivity index (χ1) is 11.1. The molecule has 3 nitrogen and oxygen atoms in total. The lowest BCUT2D eigenvalue weighted by Gasteiger charge is -2.35. The van der Waals surface area contributed by atoms with Crippen LogP contribution in [-0.4, -0.2) is 76.5 Å². The number of likely N-dealkylation sites (N-methyl/N-ethyl adjacent to an activating group) is 2. The lowest BCUT2D eigenvalue weighted by atomic mass is 10.0. The predicted molar refractivity (Wildman–Crippen MR) is 107 cm³/mol. The topological polar surface area (TPSA) is 9.23 Å². The Labute approximate surface area is 177 Å². The molecule has 0 aliphatic carbocycles. The number of ether oxygens (including phenoxy) is 1. The maximum atomic E-state index is 6.57. The van der Waals surface area contributed by atoms with Crippen LogP contribution >= 0.6 is 0 Å². The molecule has 0 spiro atoms. The number of hydrogen-bond donors (Lipinski definition) is 0. The second-order valence-electron chi connectivity index (χ2n) is 9.64. The molecule has 0 rings (SSSR count). The zero-order valence-electron chi connectivity index (χ0n) is 19.0. The van der Waals surface area contributed by atoms with E-state index in [9.17, 15) is 0 Å². The summed E-state index contributed by atoms with van der Waals surface area (Å²) in [6.45, 7) is 6.74. The SMILES string of the molecule is CCCCCCCCCC(CC)OC(C[N+](C)(C)C)C[N+](C)(C)C.[Cl-].[Cl-]. The number of halogens is 2. The molecule has 0 aromatic heterocycles. The van der Waals surface area contributed by atoms with Gasteiger partial charge in [0.1, 0.15) is 13.1 Å². The third kappa shape index (κ3) is 20.8. The highest BCUT2D eigenvalue weighted by Crippen LogP contribution is 2.16. The van der Waals surface area contributed by atoms with E-state index >= 15 is 0 Å². The van der Waals surface area contributed by atoms with Crippen molar-refractivity contribution in [3.63, 3.8) is 0 Å². The molecule has 0 bridgehead atoms. The maximum Gasteiger partial charge on any atom is 0.155 e. The highest BCUT2D eigenvalue weighted by molar-refractivity contribution is 4.63. The van der Waals surface area contributed by atoms with Crippen LogP contribution in [-0.2, 0) is 4.74 Å². The summed E-state index contributed by atoms with van der Waals surface area (Å²) in [6.07, 6.45) is 12.8. The molecule has 0 radical (unpaired) electrons. The van der Waals surface area contributed by atoms with Gasteiger partial charge in [-0.2, -0.15) is 0 Å². The van der Waals surface area contributed by atoms with Crippen molar-refractivity contribution >= 4 is 0 Å². The average molecular weight is 416 g/mol. The number of hydrogen-bond acceptors (Lipinski definition) is 1. The van der Waals surface area contributed by atoms with E-state index in [0.717, 1.165) is 28.5 Å². The Balaban J connectivity index is -0.00000264. The quantitative estimate of drug-likeness (QED) is 0.239. The number of rotatable bonds is 15. The molecular formula is C21H48Cl2N2O. The number of unbranched alkanes of at least 4 members (excludes halogenated alkanes) is 6. The van der Waals surface area contributed by atoms with Crippen LogP contribution in [0.25, 0.3) is 0 Å². The van der Waals surface area contributed by atoms with Crippen molar-refractivity contribution < 1.29 is 38.5 Å². The van der Waals surface area contributed by atoms with Crippen LogP contribution in [0.15, 0.2) is 0 Å². The number of quaternary nitrogens is 2. The van der Waals surface area contributed by atoms with E-state index < -0.39 is 0 Å². The fraction of sp³-hybridized carbons (Fsp3) is 1.00. The van der Waals surface area contributed by atoms with Crippen LogP contribution < -0.4 is 24.8 Å². The van der Waals surface area contributed by atoms with E-state index in [-0.39, 0.29) is 24.8 Å². The third-order valence-electron chi connectivity index (χ3n) is 4.47. The third-order valence-corrected chi connectivity index (χ3v) is 4.47. The first kappa shape index (κ1) is 31.2. The summed E-state index contributed by atoms with van der Waals surface area (Å²) in [5.74, 6) is 0. The number of nitrogens with zero attached hydrogens (tertiary/aromatic N) is 2. The largest absolute Gasteiger partial charge is 1.00 e. The highest BCUT2D eigenvalue weighted by Gasteiger charge is 2.27. The lowest BCUT2D eigenvalue weighted by Crippen LogP contribution is -3.00. The zero-order chi connectivity index (χ0) is 18.6. The van der Waals surface area contributed by atoms with Crippen LogP contribution in [0.5, 0.6) is 0 Å². The van der Waals surface area contributed by atoms with Gasteiger partial charge in [0.05, 0.1) is 48.4 Å². The van der Waals surface area contributed by atoms with Gasteiger partial charge in [0, 0.05) is 0 Å². The summed E-state index contributed by atoms with van der Waals surface area (Å²) >= 11 is 0. The molecular weight excluding hydrogens is 367 g/mol. The Morgan fingerprint density at radius 2 is 1.04 bits per heavy atom. The summed E-state index contributed by atoms with van der Waals surface area (Å²) < 4.78 is 8.51. The molecule has 0 aromatic rings. The summed E-state index contributed by atoms with van der Waals surface area (Å²) in [6, 6.07) is 0. The van der Waals surface area contributed by atoms with Gasteiger partial charge in [0.25, 0.3) is 0 Å². The molecule has 0 amide bonds. The van der Waals surface area contributed by atoms with Gasteiger partial charge in [0.15, 0.2) is 6.10 Å². The highest BCUT2D eigenvalue weighted by atomic mass is 35.5. The van der Waals surface area contributed by atoms with Crippen LogP contribution in [0.1, 0.15) is 71.6 Å². The smallest absolute Gasteiger partial charge is 0.155 e. The molecule has 0 aliphatic heterocycles. The van der Waals surface area contributed by atoms with E-state index in [4.69, 9.17) is 4.74 Å². The first-order valence-electron chi connectivity index (χ1n) is 10.3. The molecule has 5 heteroatoms. The fourth-order valence-electron chi connectivity index (χ4n) is 3.34. The van der Waals surface area contributed by atoms with Gasteiger partial charge in [-0.1, -0.05) is 58.8 Å². The van der Waals surface area contributed by atoms with E-state index in [1.54, 1.807) is 0 Å². The Hall–Kier alpha value is 0.460. The molecule has 0 fully saturated rings. The molecule has 0 heterocycles. The summed E-state index contributed by atoms with van der Waals surface area (Å²) in [7, 11) is 13.6. The predicted octanol–water partition coefficient (Wildman–Crippen LogP) is -1.29. The van der Waals surface area contributed by atoms with Crippen molar-refractivity contribution in [3.05, 3.63) is 0 Å². The van der Waals surface area contributed by atoms with Crippen LogP contribution in [0.2, 0.25) is 0 Å². The second kappa shape index (κ2) is 16.4. The standard InChI is InChI=1S/C21H48N2O.2ClH/c1-9-11-12-13-14-15-16-17-20(10-2)24-21(18-22(3,4)5)19-23(6,7)8;;/h20-21H,9-19H2,1-8H3;2*1H/q+2;;/p-2. The van der Waals surface area contributed by atoms with Crippen LogP contribution in [0, 0.1) is 0 Å². The van der Waals surface area contributed by atoms with Crippen molar-refractivity contribution in [1.82, 2.24) is 0 Å². The van der Waals surface area contributed by atoms with Crippen molar-refractivity contribution in [2.45, 2.75) is 83.8 Å². The van der Waals surface area contributed by atoms with Gasteiger partial charge in [0.2, 0.25) is 0 Å². The minimum atomic E-state index is 0. The molecule has 0 N–H and O–H groups in total. The van der Waals surface area contributed by atoms with E-state index in [1.165, 1.54) is 51.4 Å². The lowest BCUT2D eigenvalue weighted by molar-refractivity contribution is -0.896. The van der Waals surface area contributed by atoms with Gasteiger partial charge in [-0.25, -0.2) is 0 Å². The van der Waals surface area contributed by atoms with Crippen molar-refractivity contribution in [2.75, 3.05) is 55.4 Å². The minimum Gasteiger partial charge on any atom is -1.00 e. The van der Waals surface area contributed by atoms with Gasteiger partial charge >= 0.3 is 0 Å². The average Bonchev–Trinajstić information content (AvgIpc) is 2.41. The Morgan fingerprint density at radius 3 is 1.42 bits per heavy atom. The Morgan fingerprint density at radius 1 is 0.615 bits per heavy atom. The fourth-order valence-corrected chi connectivity index (χ4v) is 3.34. The molecule has 0 aliphatic rings. The van der Waals surface area contributed by atoms with Gasteiger partial charge in [-0.15, -0.1) is 0 Å². The minimum absolute atomic E-state index is 0. The molecule has 162 valence electrons. The van der Waals surface area contributed by atoms with E-state index in [2.05, 4.69) is 56.1 Å². The maximum absolute atomic E-state index is 6.57. The van der Waals surface area contributed by atoms with Crippen molar-refractivity contribution in [1.29, 1.82) is 0 Å². The van der Waals surface area contributed by atoms with E-state index in [0.29, 0.717) is 12.2 Å². The zero-order valence-corrected chi connectivity index (χ0v) is 20.5. The van der Waals surface area contributed by atoms with Crippen molar-refractivity contribution in [3.8, 4) is 0 Å². The van der Waals surface area contributed by atoms with E-state index in [1.807, 2.05) is 0 Å². The summed E-state index contributed by atoms with van der Waals surface area (Å²) in [5.41, 5.74) is 0. The van der Waals surface area contributed by atoms with Gasteiger partial charge < -0.3 is 38.5 Å². The Kier molecular flexibility index (Phi) is 19.7. The monoisotopic (exact) mass is 414 g/mol. The van der Waals surface area contributed by atoms with Gasteiger partial charge in [-0.3, -0.25) is 0 Å². The normalized spacial score (nSPS) is 13.3. The van der Waals surface area contributed by atoms with Crippen LogP contribution in [0.3, 0.4) is 0 Å². The summed E-state index contributed by atoms with van der Waals surface area (Å²) in [4.78, 5) is 0. The molecule has 1 unspecified atom stereocenters. The molecule has 0 saturated carbocycles.